The fraction of sp³-hybridized carbons (Fsp3) is 0.278. The van der Waals surface area contributed by atoms with Crippen molar-refractivity contribution in [2.75, 3.05) is 13.1 Å². The van der Waals surface area contributed by atoms with Gasteiger partial charge in [-0.05, 0) is 55.3 Å². The Hall–Kier alpha value is -1.92. The van der Waals surface area contributed by atoms with E-state index < -0.39 is 5.82 Å². The van der Waals surface area contributed by atoms with Crippen molar-refractivity contribution in [1.29, 1.82) is 0 Å². The van der Waals surface area contributed by atoms with E-state index in [1.165, 1.54) is 12.1 Å². The highest BCUT2D eigenvalue weighted by molar-refractivity contribution is 9.10. The molecule has 1 unspecified atom stereocenters. The lowest BCUT2D eigenvalue weighted by Crippen LogP contribution is -2.39. The van der Waals surface area contributed by atoms with E-state index in [-0.39, 0.29) is 17.7 Å². The number of nitrogens with two attached hydrogens (primary N) is 1. The van der Waals surface area contributed by atoms with E-state index in [0.717, 1.165) is 17.3 Å². The number of hydrogen-bond donors (Lipinski definition) is 1. The van der Waals surface area contributed by atoms with Crippen molar-refractivity contribution >= 4 is 21.8 Å². The average molecular weight is 393 g/mol. The van der Waals surface area contributed by atoms with E-state index in [4.69, 9.17) is 10.5 Å². The van der Waals surface area contributed by atoms with Crippen LogP contribution in [0.25, 0.3) is 0 Å². The molecule has 0 bridgehead atoms. The summed E-state index contributed by atoms with van der Waals surface area (Å²) in [6, 6.07) is 11.4. The number of ether oxygens (including phenoxy) is 1. The number of hydrogen-bond acceptors (Lipinski definition) is 3. The number of likely N-dealkylation sites (tertiary alicyclic amines) is 1. The van der Waals surface area contributed by atoms with Crippen LogP contribution >= 0.6 is 15.9 Å². The summed E-state index contributed by atoms with van der Waals surface area (Å²) in [6.07, 6.45) is 1.83. The summed E-state index contributed by atoms with van der Waals surface area (Å²) in [5.74, 6) is -0.131. The third kappa shape index (κ3) is 3.60. The molecule has 1 atom stereocenters. The predicted molar refractivity (Wildman–Crippen MR) is 93.7 cm³/mol. The van der Waals surface area contributed by atoms with E-state index in [2.05, 4.69) is 15.9 Å². The molecule has 1 fully saturated rings. The normalized spacial score (nSPS) is 17.1. The molecule has 4 nitrogen and oxygen atoms in total. The van der Waals surface area contributed by atoms with Gasteiger partial charge in [-0.3, -0.25) is 4.79 Å². The molecule has 6 heteroatoms. The first-order valence-corrected chi connectivity index (χ1v) is 8.62. The van der Waals surface area contributed by atoms with E-state index in [0.29, 0.717) is 24.4 Å². The van der Waals surface area contributed by atoms with Crippen molar-refractivity contribution in [1.82, 2.24) is 4.90 Å². The molecule has 0 saturated carbocycles. The molecule has 3 rings (SSSR count). The molecule has 0 aromatic heterocycles. The maximum Gasteiger partial charge on any atom is 0.254 e. The van der Waals surface area contributed by atoms with Crippen molar-refractivity contribution in [3.05, 3.63) is 58.3 Å². The van der Waals surface area contributed by atoms with Crippen molar-refractivity contribution < 1.29 is 13.9 Å². The summed E-state index contributed by atoms with van der Waals surface area (Å²) in [5.41, 5.74) is 6.02. The molecule has 0 aliphatic carbocycles. The zero-order valence-electron chi connectivity index (χ0n) is 13.0. The zero-order chi connectivity index (χ0) is 17.1. The quantitative estimate of drug-likeness (QED) is 0.856. The van der Waals surface area contributed by atoms with Gasteiger partial charge in [0, 0.05) is 29.2 Å². The van der Waals surface area contributed by atoms with Gasteiger partial charge in [0.05, 0.1) is 0 Å². The number of carbonyl (C=O) groups is 1. The number of nitrogens with zero attached hydrogens (tertiary/aromatic N) is 1. The monoisotopic (exact) mass is 392 g/mol. The first kappa shape index (κ1) is 16.9. The molecular formula is C18H18BrFN2O2. The Morgan fingerprint density at radius 3 is 2.71 bits per heavy atom. The van der Waals surface area contributed by atoms with E-state index in [1.54, 1.807) is 23.1 Å². The van der Waals surface area contributed by atoms with Crippen molar-refractivity contribution in [3.63, 3.8) is 0 Å². The van der Waals surface area contributed by atoms with Crippen LogP contribution in [0.4, 0.5) is 4.39 Å². The summed E-state index contributed by atoms with van der Waals surface area (Å²) < 4.78 is 20.8. The van der Waals surface area contributed by atoms with Gasteiger partial charge >= 0.3 is 0 Å². The summed E-state index contributed by atoms with van der Waals surface area (Å²) in [4.78, 5) is 14.3. The van der Waals surface area contributed by atoms with Crippen LogP contribution < -0.4 is 10.5 Å². The Labute approximate surface area is 148 Å². The predicted octanol–water partition coefficient (Wildman–Crippen LogP) is 3.94. The molecule has 2 N–H and O–H groups in total. The zero-order valence-corrected chi connectivity index (χ0v) is 14.6. The Morgan fingerprint density at radius 2 is 2.04 bits per heavy atom. The molecule has 1 saturated heterocycles. The molecule has 24 heavy (non-hydrogen) atoms. The van der Waals surface area contributed by atoms with E-state index in [1.807, 2.05) is 12.1 Å². The van der Waals surface area contributed by atoms with Crippen molar-refractivity contribution in [2.24, 2.45) is 5.73 Å². The average Bonchev–Trinajstić information content (AvgIpc) is 3.06. The number of benzene rings is 2. The van der Waals surface area contributed by atoms with Gasteiger partial charge < -0.3 is 15.4 Å². The van der Waals surface area contributed by atoms with Crippen LogP contribution in [0.5, 0.6) is 11.5 Å². The van der Waals surface area contributed by atoms with Gasteiger partial charge in [-0.1, -0.05) is 15.9 Å². The largest absolute Gasteiger partial charge is 0.454 e. The summed E-state index contributed by atoms with van der Waals surface area (Å²) >= 11 is 3.33. The minimum absolute atomic E-state index is 0.0410. The van der Waals surface area contributed by atoms with Crippen LogP contribution in [0.1, 0.15) is 23.2 Å². The maximum atomic E-state index is 14.3. The van der Waals surface area contributed by atoms with Crippen molar-refractivity contribution in [3.8, 4) is 11.5 Å². The van der Waals surface area contributed by atoms with Crippen LogP contribution in [0.2, 0.25) is 0 Å². The molecular weight excluding hydrogens is 375 g/mol. The topological polar surface area (TPSA) is 55.6 Å². The Balaban J connectivity index is 1.77. The van der Waals surface area contributed by atoms with E-state index >= 15 is 0 Å². The van der Waals surface area contributed by atoms with Gasteiger partial charge in [0.25, 0.3) is 5.91 Å². The second-order valence-electron chi connectivity index (χ2n) is 5.73. The Morgan fingerprint density at radius 1 is 1.29 bits per heavy atom. The Kier molecular flexibility index (Phi) is 5.16. The minimum Gasteiger partial charge on any atom is -0.454 e. The van der Waals surface area contributed by atoms with E-state index in [9.17, 15) is 9.18 Å². The molecule has 1 amide bonds. The summed E-state index contributed by atoms with van der Waals surface area (Å²) in [6.45, 7) is 1.10. The number of rotatable bonds is 4. The van der Waals surface area contributed by atoms with Gasteiger partial charge in [0.15, 0.2) is 11.6 Å². The van der Waals surface area contributed by atoms with Gasteiger partial charge in [-0.2, -0.15) is 0 Å². The fourth-order valence-corrected chi connectivity index (χ4v) is 3.12. The molecule has 1 aliphatic heterocycles. The van der Waals surface area contributed by atoms with Crippen molar-refractivity contribution in [2.45, 2.75) is 18.9 Å². The van der Waals surface area contributed by atoms with Crippen LogP contribution in [0.3, 0.4) is 0 Å². The third-order valence-corrected chi connectivity index (χ3v) is 4.66. The second kappa shape index (κ2) is 7.32. The summed E-state index contributed by atoms with van der Waals surface area (Å²) in [5, 5.41) is 0. The molecule has 0 radical (unpaired) electrons. The van der Waals surface area contributed by atoms with Gasteiger partial charge in [0.1, 0.15) is 5.75 Å². The highest BCUT2D eigenvalue weighted by Crippen LogP contribution is 2.27. The highest BCUT2D eigenvalue weighted by Gasteiger charge is 2.28. The molecule has 2 aromatic carbocycles. The fourth-order valence-electron chi connectivity index (χ4n) is 2.86. The van der Waals surface area contributed by atoms with Gasteiger partial charge in [-0.25, -0.2) is 4.39 Å². The maximum absolute atomic E-state index is 14.3. The minimum atomic E-state index is -0.563. The molecule has 2 aromatic rings. The number of halogens is 2. The lowest BCUT2D eigenvalue weighted by molar-refractivity contribution is 0.0740. The van der Waals surface area contributed by atoms with Crippen LogP contribution in [-0.2, 0) is 0 Å². The molecule has 1 heterocycles. The van der Waals surface area contributed by atoms with Crippen LogP contribution in [-0.4, -0.2) is 29.9 Å². The smallest absolute Gasteiger partial charge is 0.254 e. The molecule has 1 aliphatic rings. The first-order valence-electron chi connectivity index (χ1n) is 7.82. The number of amides is 1. The van der Waals surface area contributed by atoms with Gasteiger partial charge in [0.2, 0.25) is 0 Å². The van der Waals surface area contributed by atoms with Gasteiger partial charge in [-0.15, -0.1) is 0 Å². The second-order valence-corrected chi connectivity index (χ2v) is 6.65. The lowest BCUT2D eigenvalue weighted by atomic mass is 10.1. The molecule has 126 valence electrons. The summed E-state index contributed by atoms with van der Waals surface area (Å²) in [7, 11) is 0. The molecule has 0 spiro atoms. The Bertz CT molecular complexity index is 736. The third-order valence-electron chi connectivity index (χ3n) is 4.13. The lowest BCUT2D eigenvalue weighted by Gasteiger charge is -2.23. The number of carbonyl (C=O) groups excluding carboxylic acids is 1. The SMILES string of the molecule is NCC1CCCN1C(=O)c1ccc(Oc2ccc(Br)cc2)c(F)c1. The standard InChI is InChI=1S/C18H18BrFN2O2/c19-13-4-6-15(7-5-13)24-17-8-3-12(10-16(17)20)18(23)22-9-1-2-14(22)11-21/h3-8,10,14H,1-2,9,11,21H2. The van der Waals surface area contributed by atoms with Crippen LogP contribution in [0.15, 0.2) is 46.9 Å². The first-order chi connectivity index (χ1) is 11.6. The van der Waals surface area contributed by atoms with Crippen LogP contribution in [0, 0.1) is 5.82 Å². The highest BCUT2D eigenvalue weighted by atomic mass is 79.9.